The number of anilines is 1. The van der Waals surface area contributed by atoms with E-state index in [9.17, 15) is 14.4 Å². The van der Waals surface area contributed by atoms with Gasteiger partial charge < -0.3 is 4.42 Å². The number of rotatable bonds is 4. The second kappa shape index (κ2) is 5.76. The fourth-order valence-corrected chi connectivity index (χ4v) is 2.06. The maximum absolute atomic E-state index is 11.9. The number of benzene rings is 1. The minimum atomic E-state index is -0.385. The van der Waals surface area contributed by atoms with Gasteiger partial charge in [0.2, 0.25) is 17.7 Å². The van der Waals surface area contributed by atoms with Gasteiger partial charge in [-0.1, -0.05) is 23.3 Å². The molecule has 2 aromatic rings. The van der Waals surface area contributed by atoms with Crippen molar-refractivity contribution >= 4 is 23.7 Å². The summed E-state index contributed by atoms with van der Waals surface area (Å²) in [6.07, 6.45) is 0.398. The molecule has 0 atom stereocenters. The van der Waals surface area contributed by atoms with Crippen molar-refractivity contribution in [3.8, 4) is 0 Å². The topological polar surface area (TPSA) is 105 Å². The molecular weight excluding hydrogens is 288 g/mol. The number of nitrogens with one attached hydrogen (secondary N) is 1. The number of hydrogen-bond acceptors (Lipinski definition) is 6. The van der Waals surface area contributed by atoms with E-state index in [1.165, 1.54) is 0 Å². The zero-order chi connectivity index (χ0) is 15.5. The molecule has 0 aliphatic carbocycles. The predicted octanol–water partition coefficient (Wildman–Crippen LogP) is 0.971. The summed E-state index contributed by atoms with van der Waals surface area (Å²) < 4.78 is 5.23. The van der Waals surface area contributed by atoms with E-state index in [0.717, 1.165) is 4.90 Å². The van der Waals surface area contributed by atoms with E-state index in [1.54, 1.807) is 30.3 Å². The van der Waals surface area contributed by atoms with Crippen LogP contribution in [0.3, 0.4) is 0 Å². The highest BCUT2D eigenvalue weighted by molar-refractivity contribution is 6.03. The first kappa shape index (κ1) is 13.9. The van der Waals surface area contributed by atoms with Gasteiger partial charge in [0.15, 0.2) is 0 Å². The van der Waals surface area contributed by atoms with E-state index < -0.39 is 0 Å². The molecule has 0 radical (unpaired) electrons. The smallest absolute Gasteiger partial charge is 0.322 e. The molecule has 0 bridgehead atoms. The zero-order valence-electron chi connectivity index (χ0n) is 11.5. The van der Waals surface area contributed by atoms with Crippen LogP contribution in [-0.4, -0.2) is 32.8 Å². The van der Waals surface area contributed by atoms with E-state index in [1.807, 2.05) is 0 Å². The highest BCUT2D eigenvalue weighted by atomic mass is 16.4. The van der Waals surface area contributed by atoms with E-state index in [2.05, 4.69) is 15.5 Å². The lowest BCUT2D eigenvalue weighted by molar-refractivity contribution is -0.139. The first-order chi connectivity index (χ1) is 10.6. The molecule has 3 amide bonds. The molecule has 1 fully saturated rings. The fraction of sp³-hybridized carbons (Fsp3) is 0.214. The van der Waals surface area contributed by atoms with Gasteiger partial charge in [-0.3, -0.25) is 24.6 Å². The summed E-state index contributed by atoms with van der Waals surface area (Å²) in [7, 11) is 0. The van der Waals surface area contributed by atoms with Gasteiger partial charge in [0, 0.05) is 18.4 Å². The third kappa shape index (κ3) is 2.85. The third-order valence-corrected chi connectivity index (χ3v) is 3.17. The van der Waals surface area contributed by atoms with Crippen LogP contribution in [-0.2, 0) is 16.1 Å². The van der Waals surface area contributed by atoms with E-state index in [-0.39, 0.29) is 49.0 Å². The second-order valence-corrected chi connectivity index (χ2v) is 4.69. The Morgan fingerprint density at radius 3 is 2.50 bits per heavy atom. The third-order valence-electron chi connectivity index (χ3n) is 3.17. The molecule has 1 aliphatic rings. The van der Waals surface area contributed by atoms with Crippen LogP contribution in [0, 0.1) is 0 Å². The summed E-state index contributed by atoms with van der Waals surface area (Å²) in [5.74, 6) is -0.827. The van der Waals surface area contributed by atoms with Crippen LogP contribution >= 0.6 is 0 Å². The molecule has 22 heavy (non-hydrogen) atoms. The van der Waals surface area contributed by atoms with Crippen molar-refractivity contribution in [3.05, 3.63) is 41.8 Å². The number of carbonyl (C=O) groups excluding carboxylic acids is 3. The van der Waals surface area contributed by atoms with Crippen molar-refractivity contribution in [2.75, 3.05) is 5.32 Å². The Labute approximate surface area is 125 Å². The number of carbonyl (C=O) groups is 3. The number of amides is 3. The summed E-state index contributed by atoms with van der Waals surface area (Å²) in [6.45, 7) is -0.0775. The van der Waals surface area contributed by atoms with Crippen LogP contribution < -0.4 is 5.32 Å². The SMILES string of the molecule is O=C(Nc1nnc(CN2C(=O)CCC2=O)o1)c1ccccc1. The van der Waals surface area contributed by atoms with Crippen LogP contribution in [0.1, 0.15) is 29.1 Å². The molecule has 0 spiro atoms. The first-order valence-electron chi connectivity index (χ1n) is 6.65. The molecule has 2 heterocycles. The van der Waals surface area contributed by atoms with Gasteiger partial charge >= 0.3 is 6.01 Å². The minimum Gasteiger partial charge on any atom is -0.406 e. The summed E-state index contributed by atoms with van der Waals surface area (Å²) in [6, 6.07) is 8.48. The maximum Gasteiger partial charge on any atom is 0.322 e. The molecule has 1 aromatic carbocycles. The summed E-state index contributed by atoms with van der Waals surface area (Å²) in [5.41, 5.74) is 0.451. The van der Waals surface area contributed by atoms with E-state index >= 15 is 0 Å². The monoisotopic (exact) mass is 300 g/mol. The Bertz CT molecular complexity index is 709. The molecule has 112 valence electrons. The number of nitrogens with zero attached hydrogens (tertiary/aromatic N) is 3. The molecular formula is C14H12N4O4. The van der Waals surface area contributed by atoms with Gasteiger partial charge in [-0.05, 0) is 12.1 Å². The Kier molecular flexibility index (Phi) is 3.65. The van der Waals surface area contributed by atoms with Crippen molar-refractivity contribution in [3.63, 3.8) is 0 Å². The van der Waals surface area contributed by atoms with Gasteiger partial charge in [0.25, 0.3) is 5.91 Å². The lowest BCUT2D eigenvalue weighted by Gasteiger charge is -2.09. The predicted molar refractivity (Wildman–Crippen MR) is 73.5 cm³/mol. The molecule has 0 saturated carbocycles. The Morgan fingerprint density at radius 2 is 1.82 bits per heavy atom. The van der Waals surface area contributed by atoms with Crippen LogP contribution in [0.2, 0.25) is 0 Å². The van der Waals surface area contributed by atoms with Crippen LogP contribution in [0.5, 0.6) is 0 Å². The fourth-order valence-electron chi connectivity index (χ4n) is 2.06. The average molecular weight is 300 g/mol. The van der Waals surface area contributed by atoms with Crippen molar-refractivity contribution in [1.82, 2.24) is 15.1 Å². The van der Waals surface area contributed by atoms with Crippen molar-refractivity contribution in [2.24, 2.45) is 0 Å². The van der Waals surface area contributed by atoms with Crippen molar-refractivity contribution in [2.45, 2.75) is 19.4 Å². The second-order valence-electron chi connectivity index (χ2n) is 4.69. The van der Waals surface area contributed by atoms with E-state index in [4.69, 9.17) is 4.42 Å². The quantitative estimate of drug-likeness (QED) is 0.843. The molecule has 3 rings (SSSR count). The van der Waals surface area contributed by atoms with Gasteiger partial charge in [-0.15, -0.1) is 5.10 Å². The molecule has 1 aromatic heterocycles. The van der Waals surface area contributed by atoms with Gasteiger partial charge in [-0.2, -0.15) is 0 Å². The van der Waals surface area contributed by atoms with E-state index in [0.29, 0.717) is 5.56 Å². The number of imide groups is 1. The van der Waals surface area contributed by atoms with Gasteiger partial charge in [0.1, 0.15) is 6.54 Å². The number of hydrogen-bond donors (Lipinski definition) is 1. The average Bonchev–Trinajstić information content (AvgIpc) is 3.10. The lowest BCUT2D eigenvalue weighted by Crippen LogP contribution is -2.28. The molecule has 0 unspecified atom stereocenters. The van der Waals surface area contributed by atoms with Crippen LogP contribution in [0.25, 0.3) is 0 Å². The van der Waals surface area contributed by atoms with Gasteiger partial charge in [-0.25, -0.2) is 0 Å². The Morgan fingerprint density at radius 1 is 1.14 bits per heavy atom. The highest BCUT2D eigenvalue weighted by Gasteiger charge is 2.30. The summed E-state index contributed by atoms with van der Waals surface area (Å²) >= 11 is 0. The normalized spacial score (nSPS) is 14.5. The standard InChI is InChI=1S/C14H12N4O4/c19-11-6-7-12(20)18(11)8-10-16-17-14(22-10)15-13(21)9-4-2-1-3-5-9/h1-5H,6-8H2,(H,15,17,21). The molecule has 8 heteroatoms. The zero-order valence-corrected chi connectivity index (χ0v) is 11.5. The molecule has 8 nitrogen and oxygen atoms in total. The molecule has 1 aliphatic heterocycles. The van der Waals surface area contributed by atoms with Gasteiger partial charge in [0.05, 0.1) is 0 Å². The lowest BCUT2D eigenvalue weighted by atomic mass is 10.2. The largest absolute Gasteiger partial charge is 0.406 e. The Hall–Kier alpha value is -3.03. The number of aromatic nitrogens is 2. The highest BCUT2D eigenvalue weighted by Crippen LogP contribution is 2.16. The molecule has 1 saturated heterocycles. The van der Waals surface area contributed by atoms with Crippen molar-refractivity contribution in [1.29, 1.82) is 0 Å². The summed E-state index contributed by atoms with van der Waals surface area (Å²) in [5, 5.41) is 9.85. The van der Waals surface area contributed by atoms with Crippen LogP contribution in [0.15, 0.2) is 34.7 Å². The molecule has 1 N–H and O–H groups in total. The Balaban J connectivity index is 1.65. The van der Waals surface area contributed by atoms with Crippen LogP contribution in [0.4, 0.5) is 6.01 Å². The van der Waals surface area contributed by atoms with Crippen molar-refractivity contribution < 1.29 is 18.8 Å². The first-order valence-corrected chi connectivity index (χ1v) is 6.65. The maximum atomic E-state index is 11.9. The minimum absolute atomic E-state index is 0.0775. The summed E-state index contributed by atoms with van der Waals surface area (Å²) in [4.78, 5) is 36.0. The number of likely N-dealkylation sites (tertiary alicyclic amines) is 1.